The van der Waals surface area contributed by atoms with E-state index < -0.39 is 0 Å². The molecule has 1 saturated heterocycles. The van der Waals surface area contributed by atoms with E-state index in [2.05, 4.69) is 15.9 Å². The molecule has 4 heteroatoms. The predicted molar refractivity (Wildman–Crippen MR) is 61.3 cm³/mol. The van der Waals surface area contributed by atoms with Crippen molar-refractivity contribution < 1.29 is 9.21 Å². The van der Waals surface area contributed by atoms with Gasteiger partial charge in [0.15, 0.2) is 0 Å². The van der Waals surface area contributed by atoms with Crippen molar-refractivity contribution >= 4 is 21.8 Å². The van der Waals surface area contributed by atoms with Crippen LogP contribution in [-0.4, -0.2) is 28.7 Å². The number of carbonyl (C=O) groups excluding carboxylic acids is 1. The summed E-state index contributed by atoms with van der Waals surface area (Å²) >= 11 is 3.45. The lowest BCUT2D eigenvalue weighted by molar-refractivity contribution is 0.0750. The predicted octanol–water partition coefficient (Wildman–Crippen LogP) is 2.59. The van der Waals surface area contributed by atoms with Gasteiger partial charge in [-0.05, 0) is 25.8 Å². The van der Waals surface area contributed by atoms with Gasteiger partial charge < -0.3 is 9.32 Å². The zero-order valence-corrected chi connectivity index (χ0v) is 10.3. The highest BCUT2D eigenvalue weighted by Gasteiger charge is 2.29. The number of hydrogen-bond donors (Lipinski definition) is 0. The Morgan fingerprint density at radius 3 is 3.13 bits per heavy atom. The molecule has 82 valence electrons. The SMILES string of the molecule is Cc1cc(C(=O)N2CCCC2CBr)co1. The molecule has 3 nitrogen and oxygen atoms in total. The molecule has 1 aromatic heterocycles. The zero-order valence-electron chi connectivity index (χ0n) is 8.70. The first-order chi connectivity index (χ1) is 7.22. The van der Waals surface area contributed by atoms with Crippen LogP contribution >= 0.6 is 15.9 Å². The van der Waals surface area contributed by atoms with Gasteiger partial charge in [-0.25, -0.2) is 0 Å². The fraction of sp³-hybridized carbons (Fsp3) is 0.545. The van der Waals surface area contributed by atoms with Crippen LogP contribution in [0, 0.1) is 6.92 Å². The fourth-order valence-electron chi connectivity index (χ4n) is 1.98. The van der Waals surface area contributed by atoms with Crippen LogP contribution in [0.5, 0.6) is 0 Å². The van der Waals surface area contributed by atoms with E-state index >= 15 is 0 Å². The van der Waals surface area contributed by atoms with Crippen LogP contribution in [0.25, 0.3) is 0 Å². The van der Waals surface area contributed by atoms with Crippen LogP contribution < -0.4 is 0 Å². The lowest BCUT2D eigenvalue weighted by atomic mass is 10.2. The van der Waals surface area contributed by atoms with Crippen molar-refractivity contribution in [3.63, 3.8) is 0 Å². The second kappa shape index (κ2) is 4.39. The first kappa shape index (κ1) is 10.7. The van der Waals surface area contributed by atoms with Crippen LogP contribution in [0.2, 0.25) is 0 Å². The Morgan fingerprint density at radius 2 is 2.53 bits per heavy atom. The number of alkyl halides is 1. The quantitative estimate of drug-likeness (QED) is 0.775. The maximum atomic E-state index is 12.1. The Kier molecular flexibility index (Phi) is 3.14. The third-order valence-corrected chi connectivity index (χ3v) is 3.54. The highest BCUT2D eigenvalue weighted by atomic mass is 79.9. The minimum absolute atomic E-state index is 0.0915. The molecule has 0 aromatic carbocycles. The van der Waals surface area contributed by atoms with E-state index in [4.69, 9.17) is 4.42 Å². The molecule has 2 heterocycles. The largest absolute Gasteiger partial charge is 0.469 e. The molecule has 1 aliphatic rings. The molecular formula is C11H14BrNO2. The van der Waals surface area contributed by atoms with Crippen molar-refractivity contribution in [3.05, 3.63) is 23.7 Å². The molecule has 0 aliphatic carbocycles. The third kappa shape index (κ3) is 2.09. The van der Waals surface area contributed by atoms with Gasteiger partial charge in [0.25, 0.3) is 5.91 Å². The molecule has 0 saturated carbocycles. The molecule has 1 atom stereocenters. The van der Waals surface area contributed by atoms with Gasteiger partial charge >= 0.3 is 0 Å². The van der Waals surface area contributed by atoms with E-state index in [1.807, 2.05) is 11.8 Å². The molecule has 0 N–H and O–H groups in total. The van der Waals surface area contributed by atoms with Gasteiger partial charge in [0.05, 0.1) is 5.56 Å². The molecular weight excluding hydrogens is 258 g/mol. The average molecular weight is 272 g/mol. The Bertz CT molecular complexity index is 361. The average Bonchev–Trinajstić information content (AvgIpc) is 2.84. The molecule has 15 heavy (non-hydrogen) atoms. The van der Waals surface area contributed by atoms with Gasteiger partial charge in [-0.15, -0.1) is 0 Å². The van der Waals surface area contributed by atoms with Crippen molar-refractivity contribution in [2.24, 2.45) is 0 Å². The highest BCUT2D eigenvalue weighted by molar-refractivity contribution is 9.09. The third-order valence-electron chi connectivity index (χ3n) is 2.79. The number of likely N-dealkylation sites (tertiary alicyclic amines) is 1. The van der Waals surface area contributed by atoms with Crippen molar-refractivity contribution in [2.75, 3.05) is 11.9 Å². The number of hydrogen-bond acceptors (Lipinski definition) is 2. The number of halogens is 1. The molecule has 0 radical (unpaired) electrons. The van der Waals surface area contributed by atoms with Gasteiger partial charge in [0.1, 0.15) is 12.0 Å². The lowest BCUT2D eigenvalue weighted by Crippen LogP contribution is -2.36. The lowest BCUT2D eigenvalue weighted by Gasteiger charge is -2.22. The summed E-state index contributed by atoms with van der Waals surface area (Å²) in [6, 6.07) is 2.14. The molecule has 0 bridgehead atoms. The summed E-state index contributed by atoms with van der Waals surface area (Å²) in [6.07, 6.45) is 3.73. The summed E-state index contributed by atoms with van der Waals surface area (Å²) in [7, 11) is 0. The van der Waals surface area contributed by atoms with Gasteiger partial charge in [-0.1, -0.05) is 15.9 Å². The van der Waals surface area contributed by atoms with Crippen molar-refractivity contribution in [3.8, 4) is 0 Å². The molecule has 1 amide bonds. The summed E-state index contributed by atoms with van der Waals surface area (Å²) < 4.78 is 5.15. The van der Waals surface area contributed by atoms with Gasteiger partial charge in [-0.3, -0.25) is 4.79 Å². The topological polar surface area (TPSA) is 33.5 Å². The van der Waals surface area contributed by atoms with Crippen molar-refractivity contribution in [1.82, 2.24) is 4.90 Å². The van der Waals surface area contributed by atoms with Gasteiger partial charge in [0, 0.05) is 17.9 Å². The van der Waals surface area contributed by atoms with E-state index in [9.17, 15) is 4.79 Å². The van der Waals surface area contributed by atoms with Crippen LogP contribution in [-0.2, 0) is 0 Å². The highest BCUT2D eigenvalue weighted by Crippen LogP contribution is 2.22. The molecule has 1 unspecified atom stereocenters. The molecule has 1 fully saturated rings. The monoisotopic (exact) mass is 271 g/mol. The van der Waals surface area contributed by atoms with Gasteiger partial charge in [-0.2, -0.15) is 0 Å². The molecule has 2 rings (SSSR count). The van der Waals surface area contributed by atoms with Crippen molar-refractivity contribution in [1.29, 1.82) is 0 Å². The first-order valence-electron chi connectivity index (χ1n) is 5.14. The summed E-state index contributed by atoms with van der Waals surface area (Å²) in [4.78, 5) is 14.0. The number of furan rings is 1. The molecule has 1 aromatic rings. The molecule has 1 aliphatic heterocycles. The van der Waals surface area contributed by atoms with E-state index in [1.54, 1.807) is 12.3 Å². The van der Waals surface area contributed by atoms with Gasteiger partial charge in [0.2, 0.25) is 0 Å². The summed E-state index contributed by atoms with van der Waals surface area (Å²) in [5, 5.41) is 0.857. The Morgan fingerprint density at radius 1 is 1.73 bits per heavy atom. The number of carbonyl (C=O) groups is 1. The normalized spacial score (nSPS) is 20.9. The van der Waals surface area contributed by atoms with E-state index in [-0.39, 0.29) is 5.91 Å². The number of aryl methyl sites for hydroxylation is 1. The van der Waals surface area contributed by atoms with Crippen LogP contribution in [0.4, 0.5) is 0 Å². The fourth-order valence-corrected chi connectivity index (χ4v) is 2.66. The first-order valence-corrected chi connectivity index (χ1v) is 6.26. The van der Waals surface area contributed by atoms with Crippen LogP contribution in [0.3, 0.4) is 0 Å². The number of amides is 1. The Hall–Kier alpha value is -0.770. The number of rotatable bonds is 2. The second-order valence-corrected chi connectivity index (χ2v) is 4.54. The minimum atomic E-state index is 0.0915. The Labute approximate surface area is 97.6 Å². The van der Waals surface area contributed by atoms with E-state index in [1.165, 1.54) is 0 Å². The summed E-state index contributed by atoms with van der Waals surface area (Å²) in [5.74, 6) is 0.877. The maximum Gasteiger partial charge on any atom is 0.257 e. The zero-order chi connectivity index (χ0) is 10.8. The summed E-state index contributed by atoms with van der Waals surface area (Å²) in [5.41, 5.74) is 0.667. The van der Waals surface area contributed by atoms with Crippen LogP contribution in [0.15, 0.2) is 16.7 Å². The van der Waals surface area contributed by atoms with E-state index in [0.717, 1.165) is 30.5 Å². The maximum absolute atomic E-state index is 12.1. The smallest absolute Gasteiger partial charge is 0.257 e. The van der Waals surface area contributed by atoms with Crippen LogP contribution in [0.1, 0.15) is 29.0 Å². The van der Waals surface area contributed by atoms with Crippen molar-refractivity contribution in [2.45, 2.75) is 25.8 Å². The second-order valence-electron chi connectivity index (χ2n) is 3.89. The molecule has 0 spiro atoms. The standard InChI is InChI=1S/C11H14BrNO2/c1-8-5-9(7-15-8)11(14)13-4-2-3-10(13)6-12/h5,7,10H,2-4,6H2,1H3. The summed E-state index contributed by atoms with van der Waals surface area (Å²) in [6.45, 7) is 2.71. The minimum Gasteiger partial charge on any atom is -0.469 e. The number of nitrogens with zero attached hydrogens (tertiary/aromatic N) is 1. The van der Waals surface area contributed by atoms with E-state index in [0.29, 0.717) is 11.6 Å². The Balaban J connectivity index is 2.13.